The molecule has 0 amide bonds. The molecule has 0 N–H and O–H groups in total. The van der Waals surface area contributed by atoms with Crippen LogP contribution in [0.25, 0.3) is 0 Å². The van der Waals surface area contributed by atoms with Crippen molar-refractivity contribution in [3.05, 3.63) is 35.4 Å². The molecule has 0 fully saturated rings. The fourth-order valence-electron chi connectivity index (χ4n) is 2.47. The topological polar surface area (TPSA) is 26.3 Å². The Balaban J connectivity index is 2.84. The zero-order valence-electron chi connectivity index (χ0n) is 14.6. The van der Waals surface area contributed by atoms with Gasteiger partial charge in [0.1, 0.15) is 5.60 Å². The van der Waals surface area contributed by atoms with Crippen molar-refractivity contribution in [3.63, 3.8) is 0 Å². The molecule has 118 valence electrons. The molecule has 1 aromatic rings. The molecule has 0 bridgehead atoms. The first-order valence-electron chi connectivity index (χ1n) is 7.85. The summed E-state index contributed by atoms with van der Waals surface area (Å²) in [7, 11) is 0. The molecule has 0 aliphatic heterocycles. The van der Waals surface area contributed by atoms with Crippen molar-refractivity contribution >= 4 is 5.97 Å². The van der Waals surface area contributed by atoms with Gasteiger partial charge in [-0.25, -0.2) is 4.79 Å². The van der Waals surface area contributed by atoms with Crippen molar-refractivity contribution in [2.75, 3.05) is 0 Å². The van der Waals surface area contributed by atoms with Crippen LogP contribution >= 0.6 is 0 Å². The monoisotopic (exact) mass is 290 g/mol. The predicted octanol–water partition coefficient (Wildman–Crippen LogP) is 5.57. The molecule has 1 unspecified atom stereocenters. The van der Waals surface area contributed by atoms with E-state index in [1.165, 1.54) is 5.56 Å². The highest BCUT2D eigenvalue weighted by atomic mass is 16.6. The van der Waals surface area contributed by atoms with E-state index in [1.54, 1.807) is 0 Å². The standard InChI is InChI=1S/C19H30O2/c1-8-14(13-18(2,3)4)15-9-11-16(12-10-15)17(20)21-19(5,6)7/h9-12,14H,8,13H2,1-7H3. The number of hydrogen-bond donors (Lipinski definition) is 0. The molecule has 21 heavy (non-hydrogen) atoms. The summed E-state index contributed by atoms with van der Waals surface area (Å²) in [5, 5.41) is 0. The van der Waals surface area contributed by atoms with Crippen molar-refractivity contribution in [3.8, 4) is 0 Å². The minimum absolute atomic E-state index is 0.252. The van der Waals surface area contributed by atoms with Crippen LogP contribution in [-0.2, 0) is 4.74 Å². The van der Waals surface area contributed by atoms with Crippen molar-refractivity contribution in [2.24, 2.45) is 5.41 Å². The van der Waals surface area contributed by atoms with Crippen LogP contribution in [0.3, 0.4) is 0 Å². The van der Waals surface area contributed by atoms with Gasteiger partial charge in [0.15, 0.2) is 0 Å². The fourth-order valence-corrected chi connectivity index (χ4v) is 2.47. The molecule has 0 spiro atoms. The Bertz CT molecular complexity index is 458. The van der Waals surface area contributed by atoms with Gasteiger partial charge in [-0.05, 0) is 62.6 Å². The highest BCUT2D eigenvalue weighted by Gasteiger charge is 2.20. The van der Waals surface area contributed by atoms with E-state index in [4.69, 9.17) is 4.74 Å². The van der Waals surface area contributed by atoms with Crippen LogP contribution < -0.4 is 0 Å². The molecule has 2 nitrogen and oxygen atoms in total. The van der Waals surface area contributed by atoms with Gasteiger partial charge >= 0.3 is 5.97 Å². The second-order valence-electron chi connectivity index (χ2n) is 7.99. The summed E-state index contributed by atoms with van der Waals surface area (Å²) in [6.45, 7) is 14.7. The lowest BCUT2D eigenvalue weighted by Crippen LogP contribution is -2.23. The van der Waals surface area contributed by atoms with Crippen molar-refractivity contribution in [1.82, 2.24) is 0 Å². The molecule has 2 heteroatoms. The van der Waals surface area contributed by atoms with Crippen LogP contribution in [0.5, 0.6) is 0 Å². The van der Waals surface area contributed by atoms with E-state index in [0.29, 0.717) is 16.9 Å². The SMILES string of the molecule is CCC(CC(C)(C)C)c1ccc(C(=O)OC(C)(C)C)cc1. The van der Waals surface area contributed by atoms with Gasteiger partial charge in [0.05, 0.1) is 5.56 Å². The number of esters is 1. The molecule has 0 saturated carbocycles. The van der Waals surface area contributed by atoms with Crippen LogP contribution in [0.4, 0.5) is 0 Å². The lowest BCUT2D eigenvalue weighted by atomic mass is 9.80. The Morgan fingerprint density at radius 2 is 1.57 bits per heavy atom. The number of benzene rings is 1. The van der Waals surface area contributed by atoms with Gasteiger partial charge in [-0.1, -0.05) is 39.8 Å². The Kier molecular flexibility index (Phi) is 5.61. The second-order valence-corrected chi connectivity index (χ2v) is 7.99. The van der Waals surface area contributed by atoms with E-state index in [2.05, 4.69) is 39.8 Å². The number of carbonyl (C=O) groups excluding carboxylic acids is 1. The summed E-state index contributed by atoms with van der Waals surface area (Å²) < 4.78 is 5.39. The Morgan fingerprint density at radius 3 is 1.95 bits per heavy atom. The van der Waals surface area contributed by atoms with Crippen molar-refractivity contribution in [1.29, 1.82) is 0 Å². The van der Waals surface area contributed by atoms with Crippen LogP contribution in [0, 0.1) is 5.41 Å². The van der Waals surface area contributed by atoms with E-state index < -0.39 is 5.60 Å². The largest absolute Gasteiger partial charge is 0.456 e. The molecule has 1 aromatic carbocycles. The normalized spacial score (nSPS) is 13.9. The van der Waals surface area contributed by atoms with Crippen LogP contribution in [-0.4, -0.2) is 11.6 Å². The van der Waals surface area contributed by atoms with Gasteiger partial charge in [0.2, 0.25) is 0 Å². The zero-order valence-corrected chi connectivity index (χ0v) is 14.6. The molecule has 1 atom stereocenters. The minimum Gasteiger partial charge on any atom is -0.456 e. The minimum atomic E-state index is -0.450. The summed E-state index contributed by atoms with van der Waals surface area (Å²) in [6, 6.07) is 7.90. The maximum Gasteiger partial charge on any atom is 0.338 e. The molecule has 0 aliphatic rings. The lowest BCUT2D eigenvalue weighted by molar-refractivity contribution is 0.00695. The first kappa shape index (κ1) is 17.7. The van der Waals surface area contributed by atoms with Gasteiger partial charge in [-0.3, -0.25) is 0 Å². The fraction of sp³-hybridized carbons (Fsp3) is 0.632. The van der Waals surface area contributed by atoms with E-state index >= 15 is 0 Å². The summed E-state index contributed by atoms with van der Waals surface area (Å²) in [5.41, 5.74) is 1.79. The Labute approximate surface area is 129 Å². The average molecular weight is 290 g/mol. The van der Waals surface area contributed by atoms with Crippen molar-refractivity contribution < 1.29 is 9.53 Å². The molecule has 0 radical (unpaired) electrons. The second kappa shape index (κ2) is 6.64. The van der Waals surface area contributed by atoms with Gasteiger partial charge in [0.25, 0.3) is 0 Å². The molecule has 1 rings (SSSR count). The summed E-state index contributed by atoms with van der Waals surface area (Å²) in [4.78, 5) is 12.0. The quantitative estimate of drug-likeness (QED) is 0.677. The molecular formula is C19H30O2. The van der Waals surface area contributed by atoms with Crippen LogP contribution in [0.15, 0.2) is 24.3 Å². The van der Waals surface area contributed by atoms with Crippen molar-refractivity contribution in [2.45, 2.75) is 72.8 Å². The van der Waals surface area contributed by atoms with E-state index in [9.17, 15) is 4.79 Å². The predicted molar refractivity (Wildman–Crippen MR) is 88.7 cm³/mol. The highest BCUT2D eigenvalue weighted by Crippen LogP contribution is 2.33. The molecule has 0 aromatic heterocycles. The zero-order chi connectivity index (χ0) is 16.3. The highest BCUT2D eigenvalue weighted by molar-refractivity contribution is 5.89. The number of hydrogen-bond acceptors (Lipinski definition) is 2. The third kappa shape index (κ3) is 6.33. The lowest BCUT2D eigenvalue weighted by Gasteiger charge is -2.25. The summed E-state index contributed by atoms with van der Waals surface area (Å²) in [5.74, 6) is 0.288. The molecular weight excluding hydrogens is 260 g/mol. The average Bonchev–Trinajstić information content (AvgIpc) is 2.33. The van der Waals surface area contributed by atoms with Gasteiger partial charge in [0, 0.05) is 0 Å². The third-order valence-corrected chi connectivity index (χ3v) is 3.37. The van der Waals surface area contributed by atoms with E-state index in [0.717, 1.165) is 12.8 Å². The Hall–Kier alpha value is -1.31. The van der Waals surface area contributed by atoms with Gasteiger partial charge in [-0.2, -0.15) is 0 Å². The number of ether oxygens (including phenoxy) is 1. The molecule has 0 saturated heterocycles. The molecule has 0 aliphatic carbocycles. The van der Waals surface area contributed by atoms with Crippen LogP contribution in [0.2, 0.25) is 0 Å². The summed E-state index contributed by atoms with van der Waals surface area (Å²) >= 11 is 0. The van der Waals surface area contributed by atoms with Gasteiger partial charge in [-0.15, -0.1) is 0 Å². The Morgan fingerprint density at radius 1 is 1.05 bits per heavy atom. The third-order valence-electron chi connectivity index (χ3n) is 3.37. The van der Waals surface area contributed by atoms with E-state index in [-0.39, 0.29) is 5.97 Å². The van der Waals surface area contributed by atoms with Crippen LogP contribution in [0.1, 0.15) is 83.1 Å². The maximum absolute atomic E-state index is 12.0. The van der Waals surface area contributed by atoms with Gasteiger partial charge < -0.3 is 4.74 Å². The maximum atomic E-state index is 12.0. The number of rotatable bonds is 4. The smallest absolute Gasteiger partial charge is 0.338 e. The first-order valence-corrected chi connectivity index (χ1v) is 7.85. The number of carbonyl (C=O) groups is 1. The van der Waals surface area contributed by atoms with E-state index in [1.807, 2.05) is 32.9 Å². The summed E-state index contributed by atoms with van der Waals surface area (Å²) in [6.07, 6.45) is 2.26. The molecule has 0 heterocycles. The first-order chi connectivity index (χ1) is 9.52.